The molecule has 0 spiro atoms. The number of carbonyl (C=O) groups is 1. The van der Waals surface area contributed by atoms with Crippen LogP contribution in [0.2, 0.25) is 5.02 Å². The van der Waals surface area contributed by atoms with Crippen molar-refractivity contribution in [2.24, 2.45) is 11.8 Å². The van der Waals surface area contributed by atoms with Crippen LogP contribution in [0.3, 0.4) is 0 Å². The van der Waals surface area contributed by atoms with Gasteiger partial charge in [-0.1, -0.05) is 25.4 Å². The van der Waals surface area contributed by atoms with E-state index in [0.29, 0.717) is 11.8 Å². The number of amides is 1. The third kappa shape index (κ3) is 5.00. The van der Waals surface area contributed by atoms with Crippen molar-refractivity contribution in [3.05, 3.63) is 22.8 Å². The molecule has 0 bridgehead atoms. The lowest BCUT2D eigenvalue weighted by Crippen LogP contribution is -2.43. The van der Waals surface area contributed by atoms with Gasteiger partial charge in [-0.25, -0.2) is 4.98 Å². The van der Waals surface area contributed by atoms with Crippen molar-refractivity contribution in [1.29, 1.82) is 0 Å². The van der Waals surface area contributed by atoms with E-state index in [9.17, 15) is 18.0 Å². The number of nitrogens with zero attached hydrogens (tertiary/aromatic N) is 2. The standard InChI is InChI=1S/C16H21ClF3N3O/c1-10-5-11(2)9-23(8-10)14(24)3-4-21-15-13(17)6-12(7-22-15)16(18,19)20/h6-7,10-11H,3-5,8-9H2,1-2H3,(H,21,22). The number of hydrogen-bond acceptors (Lipinski definition) is 3. The highest BCUT2D eigenvalue weighted by Gasteiger charge is 2.31. The van der Waals surface area contributed by atoms with Crippen LogP contribution in [-0.4, -0.2) is 35.4 Å². The van der Waals surface area contributed by atoms with Crippen LogP contribution in [0.5, 0.6) is 0 Å². The Morgan fingerprint density at radius 2 is 2.00 bits per heavy atom. The van der Waals surface area contributed by atoms with Gasteiger partial charge in [0, 0.05) is 32.3 Å². The number of anilines is 1. The number of nitrogens with one attached hydrogen (secondary N) is 1. The van der Waals surface area contributed by atoms with Crippen LogP contribution in [0.1, 0.15) is 32.3 Å². The van der Waals surface area contributed by atoms with Gasteiger partial charge in [0.2, 0.25) is 5.91 Å². The van der Waals surface area contributed by atoms with E-state index in [2.05, 4.69) is 24.1 Å². The quantitative estimate of drug-likeness (QED) is 0.877. The molecular formula is C16H21ClF3N3O. The Labute approximate surface area is 144 Å². The third-order valence-corrected chi connectivity index (χ3v) is 4.31. The first-order chi connectivity index (χ1) is 11.2. The Morgan fingerprint density at radius 3 is 2.54 bits per heavy atom. The Balaban J connectivity index is 1.87. The third-order valence-electron chi connectivity index (χ3n) is 4.02. The fourth-order valence-corrected chi connectivity index (χ4v) is 3.27. The monoisotopic (exact) mass is 363 g/mol. The van der Waals surface area contributed by atoms with Gasteiger partial charge in [-0.3, -0.25) is 4.79 Å². The molecule has 1 aromatic heterocycles. The second-order valence-corrected chi connectivity index (χ2v) is 6.88. The zero-order valence-corrected chi connectivity index (χ0v) is 14.4. The number of likely N-dealkylation sites (tertiary alicyclic amines) is 1. The molecule has 0 aromatic carbocycles. The number of piperidine rings is 1. The summed E-state index contributed by atoms with van der Waals surface area (Å²) < 4.78 is 37.7. The molecule has 1 saturated heterocycles. The molecule has 1 aliphatic heterocycles. The van der Waals surface area contributed by atoms with Gasteiger partial charge in [0.1, 0.15) is 5.82 Å². The molecule has 2 atom stereocenters. The average Bonchev–Trinajstić information content (AvgIpc) is 2.46. The second kappa shape index (κ2) is 7.59. The summed E-state index contributed by atoms with van der Waals surface area (Å²) in [6.07, 6.45) is -2.39. The molecule has 0 aliphatic carbocycles. The van der Waals surface area contributed by atoms with Crippen LogP contribution < -0.4 is 5.32 Å². The van der Waals surface area contributed by atoms with Crippen molar-refractivity contribution in [3.8, 4) is 0 Å². The number of alkyl halides is 3. The topological polar surface area (TPSA) is 45.2 Å². The first kappa shape index (κ1) is 18.8. The Bertz CT molecular complexity index is 584. The lowest BCUT2D eigenvalue weighted by molar-refractivity contribution is -0.137. The van der Waals surface area contributed by atoms with Gasteiger partial charge in [0.15, 0.2) is 0 Å². The maximum Gasteiger partial charge on any atom is 0.417 e. The van der Waals surface area contributed by atoms with Gasteiger partial charge < -0.3 is 10.2 Å². The summed E-state index contributed by atoms with van der Waals surface area (Å²) in [6.45, 7) is 6.03. The first-order valence-electron chi connectivity index (χ1n) is 7.91. The van der Waals surface area contributed by atoms with Crippen molar-refractivity contribution in [2.75, 3.05) is 25.0 Å². The first-order valence-corrected chi connectivity index (χ1v) is 8.29. The minimum atomic E-state index is -4.48. The van der Waals surface area contributed by atoms with E-state index >= 15 is 0 Å². The molecule has 24 heavy (non-hydrogen) atoms. The molecule has 2 unspecified atom stereocenters. The number of pyridine rings is 1. The van der Waals surface area contributed by atoms with E-state index in [0.717, 1.165) is 31.8 Å². The number of rotatable bonds is 4. The van der Waals surface area contributed by atoms with Gasteiger partial charge in [-0.2, -0.15) is 13.2 Å². The predicted octanol–water partition coefficient (Wildman–Crippen LogP) is 4.06. The van der Waals surface area contributed by atoms with E-state index in [4.69, 9.17) is 11.6 Å². The van der Waals surface area contributed by atoms with Gasteiger partial charge in [0.25, 0.3) is 0 Å². The molecule has 1 N–H and O–H groups in total. The summed E-state index contributed by atoms with van der Waals surface area (Å²) in [5, 5.41) is 2.71. The van der Waals surface area contributed by atoms with E-state index < -0.39 is 11.7 Å². The highest BCUT2D eigenvalue weighted by molar-refractivity contribution is 6.32. The van der Waals surface area contributed by atoms with Gasteiger partial charge in [-0.05, 0) is 24.3 Å². The van der Waals surface area contributed by atoms with Crippen LogP contribution in [0.25, 0.3) is 0 Å². The Morgan fingerprint density at radius 1 is 1.38 bits per heavy atom. The molecule has 2 rings (SSSR count). The minimum Gasteiger partial charge on any atom is -0.368 e. The highest BCUT2D eigenvalue weighted by Crippen LogP contribution is 2.32. The molecule has 1 amide bonds. The van der Waals surface area contributed by atoms with Crippen molar-refractivity contribution in [2.45, 2.75) is 32.9 Å². The zero-order valence-electron chi connectivity index (χ0n) is 13.7. The molecule has 0 saturated carbocycles. The van der Waals surface area contributed by atoms with Gasteiger partial charge in [-0.15, -0.1) is 0 Å². The lowest BCUT2D eigenvalue weighted by atomic mass is 9.92. The molecule has 1 fully saturated rings. The molecular weight excluding hydrogens is 343 g/mol. The van der Waals surface area contributed by atoms with E-state index in [1.54, 1.807) is 0 Å². The summed E-state index contributed by atoms with van der Waals surface area (Å²) >= 11 is 5.82. The summed E-state index contributed by atoms with van der Waals surface area (Å²) in [5.74, 6) is 1.15. The normalized spacial score (nSPS) is 21.7. The zero-order chi connectivity index (χ0) is 17.9. The van der Waals surface area contributed by atoms with Crippen molar-refractivity contribution < 1.29 is 18.0 Å². The average molecular weight is 364 g/mol. The number of halogens is 4. The summed E-state index contributed by atoms with van der Waals surface area (Å²) in [6, 6.07) is 0.826. The van der Waals surface area contributed by atoms with Gasteiger partial charge in [0.05, 0.1) is 10.6 Å². The molecule has 0 radical (unpaired) electrons. The predicted molar refractivity (Wildman–Crippen MR) is 86.9 cm³/mol. The van der Waals surface area contributed by atoms with Gasteiger partial charge >= 0.3 is 6.18 Å². The largest absolute Gasteiger partial charge is 0.417 e. The highest BCUT2D eigenvalue weighted by atomic mass is 35.5. The van der Waals surface area contributed by atoms with Crippen molar-refractivity contribution in [1.82, 2.24) is 9.88 Å². The van der Waals surface area contributed by atoms with Crippen molar-refractivity contribution >= 4 is 23.3 Å². The second-order valence-electron chi connectivity index (χ2n) is 6.47. The van der Waals surface area contributed by atoms with E-state index in [1.807, 2.05) is 4.90 Å². The van der Waals surface area contributed by atoms with E-state index in [-0.39, 0.29) is 29.7 Å². The Kier molecular flexibility index (Phi) is 5.96. The lowest BCUT2D eigenvalue weighted by Gasteiger charge is -2.35. The Hall–Kier alpha value is -1.50. The molecule has 1 aromatic rings. The number of aromatic nitrogens is 1. The molecule has 8 heteroatoms. The summed E-state index contributed by atoms with van der Waals surface area (Å²) in [5.41, 5.74) is -0.898. The fourth-order valence-electron chi connectivity index (χ4n) is 3.04. The van der Waals surface area contributed by atoms with Crippen LogP contribution in [-0.2, 0) is 11.0 Å². The molecule has 2 heterocycles. The molecule has 1 aliphatic rings. The van der Waals surface area contributed by atoms with Crippen LogP contribution in [0.4, 0.5) is 19.0 Å². The smallest absolute Gasteiger partial charge is 0.368 e. The molecule has 134 valence electrons. The fraction of sp³-hybridized carbons (Fsp3) is 0.625. The van der Waals surface area contributed by atoms with E-state index in [1.165, 1.54) is 0 Å². The summed E-state index contributed by atoms with van der Waals surface area (Å²) in [7, 11) is 0. The SMILES string of the molecule is CC1CC(C)CN(C(=O)CCNc2ncc(C(F)(F)F)cc2Cl)C1. The van der Waals surface area contributed by atoms with Crippen LogP contribution >= 0.6 is 11.6 Å². The number of hydrogen-bond donors (Lipinski definition) is 1. The maximum absolute atomic E-state index is 12.6. The van der Waals surface area contributed by atoms with Crippen molar-refractivity contribution in [3.63, 3.8) is 0 Å². The minimum absolute atomic E-state index is 0.0314. The van der Waals surface area contributed by atoms with Crippen LogP contribution in [0, 0.1) is 11.8 Å². The maximum atomic E-state index is 12.6. The van der Waals surface area contributed by atoms with Crippen LogP contribution in [0.15, 0.2) is 12.3 Å². The summed E-state index contributed by atoms with van der Waals surface area (Å²) in [4.78, 5) is 17.8. The molecule has 4 nitrogen and oxygen atoms in total. The number of carbonyl (C=O) groups excluding carboxylic acids is 1.